The molecule has 0 aliphatic carbocycles. The quantitative estimate of drug-likeness (QED) is 0.764. The summed E-state index contributed by atoms with van der Waals surface area (Å²) in [6.45, 7) is 1.55. The van der Waals surface area contributed by atoms with Crippen molar-refractivity contribution in [3.05, 3.63) is 30.1 Å². The fourth-order valence-corrected chi connectivity index (χ4v) is 2.03. The van der Waals surface area contributed by atoms with E-state index in [2.05, 4.69) is 15.3 Å². The first-order valence-corrected chi connectivity index (χ1v) is 6.92. The Morgan fingerprint density at radius 3 is 3.25 bits per heavy atom. The first-order chi connectivity index (χ1) is 7.77. The van der Waals surface area contributed by atoms with E-state index in [-0.39, 0.29) is 0 Å². The number of nitrogens with one attached hydrogen (secondary N) is 2. The van der Waals surface area contributed by atoms with Gasteiger partial charge < -0.3 is 10.3 Å². The van der Waals surface area contributed by atoms with E-state index >= 15 is 0 Å². The number of H-pyrrole nitrogens is 1. The van der Waals surface area contributed by atoms with E-state index in [1.807, 2.05) is 18.3 Å². The molecule has 0 aliphatic rings. The van der Waals surface area contributed by atoms with Gasteiger partial charge in [0, 0.05) is 53.7 Å². The van der Waals surface area contributed by atoms with Gasteiger partial charge in [0.15, 0.2) is 0 Å². The maximum Gasteiger partial charge on any atom is 0.137 e. The molecule has 16 heavy (non-hydrogen) atoms. The lowest BCUT2D eigenvalue weighted by Gasteiger charge is -2.01. The van der Waals surface area contributed by atoms with Crippen LogP contribution in [0.5, 0.6) is 0 Å². The smallest absolute Gasteiger partial charge is 0.137 e. The van der Waals surface area contributed by atoms with Crippen LogP contribution < -0.4 is 5.32 Å². The minimum absolute atomic E-state index is 0.695. The summed E-state index contributed by atoms with van der Waals surface area (Å²) in [6.07, 6.45) is 5.46. The van der Waals surface area contributed by atoms with E-state index in [0.29, 0.717) is 5.75 Å². The predicted octanol–water partition coefficient (Wildman–Crippen LogP) is 1.03. The van der Waals surface area contributed by atoms with Crippen LogP contribution in [0, 0.1) is 0 Å². The predicted molar refractivity (Wildman–Crippen MR) is 66.7 cm³/mol. The van der Waals surface area contributed by atoms with Crippen molar-refractivity contribution in [1.82, 2.24) is 15.3 Å². The first kappa shape index (κ1) is 11.3. The minimum Gasteiger partial charge on any atom is -0.346 e. The Morgan fingerprint density at radius 2 is 2.44 bits per heavy atom. The SMILES string of the molecule is CS(=O)CCNCc1c[nH]c2ncccc12. The number of nitrogens with zero attached hydrogens (tertiary/aromatic N) is 1. The van der Waals surface area contributed by atoms with Gasteiger partial charge in [0.25, 0.3) is 0 Å². The highest BCUT2D eigenvalue weighted by molar-refractivity contribution is 7.84. The van der Waals surface area contributed by atoms with E-state index < -0.39 is 10.8 Å². The average Bonchev–Trinajstić information content (AvgIpc) is 2.68. The molecule has 1 unspecified atom stereocenters. The van der Waals surface area contributed by atoms with Crippen molar-refractivity contribution in [3.8, 4) is 0 Å². The molecule has 2 aromatic heterocycles. The third kappa shape index (κ3) is 2.68. The molecule has 0 radical (unpaired) electrons. The zero-order valence-electron chi connectivity index (χ0n) is 9.19. The number of aromatic amines is 1. The monoisotopic (exact) mass is 237 g/mol. The van der Waals surface area contributed by atoms with E-state index in [1.165, 1.54) is 5.56 Å². The lowest BCUT2D eigenvalue weighted by molar-refractivity contribution is 0.677. The summed E-state index contributed by atoms with van der Waals surface area (Å²) in [6, 6.07) is 3.98. The van der Waals surface area contributed by atoms with Crippen LogP contribution in [0.3, 0.4) is 0 Å². The lowest BCUT2D eigenvalue weighted by atomic mass is 10.2. The van der Waals surface area contributed by atoms with Crippen molar-refractivity contribution < 1.29 is 4.21 Å². The van der Waals surface area contributed by atoms with Crippen molar-refractivity contribution >= 4 is 21.8 Å². The first-order valence-electron chi connectivity index (χ1n) is 5.19. The molecule has 0 fully saturated rings. The zero-order chi connectivity index (χ0) is 11.4. The topological polar surface area (TPSA) is 57.8 Å². The molecule has 4 nitrogen and oxygen atoms in total. The molecular formula is C11H15N3OS. The fraction of sp³-hybridized carbons (Fsp3) is 0.364. The number of aromatic nitrogens is 2. The van der Waals surface area contributed by atoms with Gasteiger partial charge in [0.05, 0.1) is 0 Å². The molecule has 0 aromatic carbocycles. The minimum atomic E-state index is -0.724. The molecule has 5 heteroatoms. The Morgan fingerprint density at radius 1 is 1.56 bits per heavy atom. The summed E-state index contributed by atoms with van der Waals surface area (Å²) in [4.78, 5) is 7.35. The highest BCUT2D eigenvalue weighted by atomic mass is 32.2. The highest BCUT2D eigenvalue weighted by Gasteiger charge is 2.02. The van der Waals surface area contributed by atoms with Crippen molar-refractivity contribution in [1.29, 1.82) is 0 Å². The van der Waals surface area contributed by atoms with E-state index in [4.69, 9.17) is 0 Å². The Hall–Kier alpha value is -1.20. The van der Waals surface area contributed by atoms with E-state index in [9.17, 15) is 4.21 Å². The van der Waals surface area contributed by atoms with Crippen LogP contribution in [0.15, 0.2) is 24.5 Å². The normalized spacial score (nSPS) is 13.1. The maximum atomic E-state index is 10.9. The van der Waals surface area contributed by atoms with Gasteiger partial charge in [-0.2, -0.15) is 0 Å². The largest absolute Gasteiger partial charge is 0.346 e. The standard InChI is InChI=1S/C11H15N3OS/c1-16(15)6-5-12-7-9-8-14-11-10(9)3-2-4-13-11/h2-4,8,12H,5-7H2,1H3,(H,13,14). The van der Waals surface area contributed by atoms with Crippen molar-refractivity contribution in [2.75, 3.05) is 18.6 Å². The highest BCUT2D eigenvalue weighted by Crippen LogP contribution is 2.14. The Balaban J connectivity index is 1.97. The van der Waals surface area contributed by atoms with Gasteiger partial charge in [-0.25, -0.2) is 4.98 Å². The van der Waals surface area contributed by atoms with Crippen molar-refractivity contribution in [2.45, 2.75) is 6.54 Å². The summed E-state index contributed by atoms with van der Waals surface area (Å²) in [5, 5.41) is 4.42. The van der Waals surface area contributed by atoms with Gasteiger partial charge in [0.2, 0.25) is 0 Å². The van der Waals surface area contributed by atoms with Crippen LogP contribution in [0.25, 0.3) is 11.0 Å². The van der Waals surface area contributed by atoms with Crippen LogP contribution in [0.1, 0.15) is 5.56 Å². The van der Waals surface area contributed by atoms with Gasteiger partial charge >= 0.3 is 0 Å². The van der Waals surface area contributed by atoms with Crippen LogP contribution in [-0.4, -0.2) is 32.7 Å². The lowest BCUT2D eigenvalue weighted by Crippen LogP contribution is -2.19. The molecule has 0 saturated carbocycles. The molecule has 86 valence electrons. The summed E-state index contributed by atoms with van der Waals surface area (Å²) in [7, 11) is -0.724. The maximum absolute atomic E-state index is 10.9. The molecule has 2 aromatic rings. The molecular weight excluding hydrogens is 222 g/mol. The van der Waals surface area contributed by atoms with Gasteiger partial charge in [0.1, 0.15) is 5.65 Å². The summed E-state index contributed by atoms with van der Waals surface area (Å²) in [5.41, 5.74) is 2.11. The zero-order valence-corrected chi connectivity index (χ0v) is 10.0. The average molecular weight is 237 g/mol. The van der Waals surface area contributed by atoms with Crippen LogP contribution in [0.2, 0.25) is 0 Å². The van der Waals surface area contributed by atoms with Gasteiger partial charge in [-0.3, -0.25) is 4.21 Å². The van der Waals surface area contributed by atoms with Gasteiger partial charge in [-0.15, -0.1) is 0 Å². The molecule has 1 atom stereocenters. The third-order valence-corrected chi connectivity index (χ3v) is 3.20. The molecule has 0 aliphatic heterocycles. The van der Waals surface area contributed by atoms with Gasteiger partial charge in [-0.05, 0) is 17.7 Å². The Bertz CT molecular complexity index is 495. The number of hydrogen-bond donors (Lipinski definition) is 2. The summed E-state index contributed by atoms with van der Waals surface area (Å²) >= 11 is 0. The van der Waals surface area contributed by atoms with E-state index in [1.54, 1.807) is 12.5 Å². The summed E-state index contributed by atoms with van der Waals surface area (Å²) in [5.74, 6) is 0.695. The molecule has 0 spiro atoms. The van der Waals surface area contributed by atoms with Crippen LogP contribution in [0.4, 0.5) is 0 Å². The number of pyridine rings is 1. The second-order valence-corrected chi connectivity index (χ2v) is 5.22. The van der Waals surface area contributed by atoms with Crippen LogP contribution >= 0.6 is 0 Å². The van der Waals surface area contributed by atoms with Gasteiger partial charge in [-0.1, -0.05) is 0 Å². The number of rotatable bonds is 5. The molecule has 0 saturated heterocycles. The van der Waals surface area contributed by atoms with Crippen LogP contribution in [-0.2, 0) is 17.3 Å². The second kappa shape index (κ2) is 5.23. The van der Waals surface area contributed by atoms with Crippen molar-refractivity contribution in [3.63, 3.8) is 0 Å². The molecule has 2 heterocycles. The number of fused-ring (bicyclic) bond motifs is 1. The number of hydrogen-bond acceptors (Lipinski definition) is 3. The molecule has 0 bridgehead atoms. The van der Waals surface area contributed by atoms with E-state index in [0.717, 1.165) is 24.1 Å². The molecule has 2 rings (SSSR count). The molecule has 0 amide bonds. The third-order valence-electron chi connectivity index (χ3n) is 2.42. The van der Waals surface area contributed by atoms with Crippen molar-refractivity contribution in [2.24, 2.45) is 0 Å². The second-order valence-electron chi connectivity index (χ2n) is 3.67. The fourth-order valence-electron chi connectivity index (χ4n) is 1.60. The Kier molecular flexibility index (Phi) is 3.69. The Labute approximate surface area is 96.9 Å². The molecule has 2 N–H and O–H groups in total. The summed E-state index contributed by atoms with van der Waals surface area (Å²) < 4.78 is 10.9.